The lowest BCUT2D eigenvalue weighted by Gasteiger charge is -2.26. The van der Waals surface area contributed by atoms with Crippen LogP contribution in [-0.2, 0) is 4.74 Å². The first-order valence-electron chi connectivity index (χ1n) is 7.24. The number of rotatable bonds is 7. The average molecular weight is 258 g/mol. The van der Waals surface area contributed by atoms with Crippen LogP contribution in [0.4, 0.5) is 0 Å². The molecule has 1 fully saturated rings. The summed E-state index contributed by atoms with van der Waals surface area (Å²) >= 11 is 0. The zero-order valence-electron chi connectivity index (χ0n) is 12.2. The Hall–Kier alpha value is -0.160. The van der Waals surface area contributed by atoms with Gasteiger partial charge in [-0.15, -0.1) is 0 Å². The van der Waals surface area contributed by atoms with Crippen LogP contribution in [0, 0.1) is 0 Å². The number of likely N-dealkylation sites (tertiary alicyclic amines) is 1. The molecule has 0 radical (unpaired) electrons. The highest BCUT2D eigenvalue weighted by Gasteiger charge is 2.22. The smallest absolute Gasteiger partial charge is 0.0765 e. The first-order valence-corrected chi connectivity index (χ1v) is 7.24. The van der Waals surface area contributed by atoms with E-state index in [1.807, 2.05) is 6.92 Å². The van der Waals surface area contributed by atoms with Gasteiger partial charge in [-0.05, 0) is 45.8 Å². The fraction of sp³-hybridized carbons (Fsp3) is 1.00. The van der Waals surface area contributed by atoms with E-state index in [2.05, 4.69) is 17.1 Å². The minimum atomic E-state index is -0.660. The van der Waals surface area contributed by atoms with Gasteiger partial charge in [0.25, 0.3) is 0 Å². The molecule has 4 heteroatoms. The van der Waals surface area contributed by atoms with Crippen molar-refractivity contribution in [2.24, 2.45) is 0 Å². The molecule has 108 valence electrons. The summed E-state index contributed by atoms with van der Waals surface area (Å²) in [6.07, 6.45) is 4.35. The van der Waals surface area contributed by atoms with Crippen molar-refractivity contribution in [1.82, 2.24) is 10.2 Å². The van der Waals surface area contributed by atoms with Crippen LogP contribution in [0.1, 0.15) is 39.5 Å². The second-order valence-corrected chi connectivity index (χ2v) is 5.68. The highest BCUT2D eigenvalue weighted by molar-refractivity contribution is 4.80. The summed E-state index contributed by atoms with van der Waals surface area (Å²) < 4.78 is 5.02. The summed E-state index contributed by atoms with van der Waals surface area (Å²) in [5.41, 5.74) is -0.660. The number of ether oxygens (including phenoxy) is 1. The van der Waals surface area contributed by atoms with Gasteiger partial charge in [-0.25, -0.2) is 0 Å². The predicted octanol–water partition coefficient (Wildman–Crippen LogP) is 1.24. The third-order valence-corrected chi connectivity index (χ3v) is 3.88. The second kappa shape index (κ2) is 8.10. The Kier molecular flexibility index (Phi) is 7.15. The Morgan fingerprint density at radius 2 is 2.17 bits per heavy atom. The van der Waals surface area contributed by atoms with Gasteiger partial charge in [-0.1, -0.05) is 6.92 Å². The molecule has 0 aromatic heterocycles. The van der Waals surface area contributed by atoms with E-state index in [-0.39, 0.29) is 0 Å². The Balaban J connectivity index is 2.25. The molecule has 0 bridgehead atoms. The van der Waals surface area contributed by atoms with E-state index in [0.29, 0.717) is 25.6 Å². The van der Waals surface area contributed by atoms with Gasteiger partial charge in [-0.3, -0.25) is 0 Å². The van der Waals surface area contributed by atoms with Crippen LogP contribution >= 0.6 is 0 Å². The van der Waals surface area contributed by atoms with Crippen molar-refractivity contribution in [3.63, 3.8) is 0 Å². The quantitative estimate of drug-likeness (QED) is 0.721. The summed E-state index contributed by atoms with van der Waals surface area (Å²) in [4.78, 5) is 2.50. The van der Waals surface area contributed by atoms with Crippen molar-refractivity contribution >= 4 is 0 Å². The fourth-order valence-corrected chi connectivity index (χ4v) is 2.45. The van der Waals surface area contributed by atoms with Crippen molar-refractivity contribution in [2.75, 3.05) is 39.9 Å². The lowest BCUT2D eigenvalue weighted by Crippen LogP contribution is -2.43. The first kappa shape index (κ1) is 15.9. The van der Waals surface area contributed by atoms with Crippen LogP contribution in [0.3, 0.4) is 0 Å². The molecule has 0 spiro atoms. The number of methoxy groups -OCH3 is 1. The van der Waals surface area contributed by atoms with Crippen LogP contribution in [-0.4, -0.2) is 61.5 Å². The van der Waals surface area contributed by atoms with E-state index < -0.39 is 5.60 Å². The van der Waals surface area contributed by atoms with E-state index in [4.69, 9.17) is 4.74 Å². The topological polar surface area (TPSA) is 44.7 Å². The SMILES string of the molecule is CCN1CCCC(NCC(C)(O)CCOC)CC1. The molecule has 1 aliphatic heterocycles. The molecule has 18 heavy (non-hydrogen) atoms. The average Bonchev–Trinajstić information content (AvgIpc) is 2.59. The predicted molar refractivity (Wildman–Crippen MR) is 74.9 cm³/mol. The molecular formula is C14H30N2O2. The molecule has 0 aromatic carbocycles. The number of nitrogens with one attached hydrogen (secondary N) is 1. The van der Waals surface area contributed by atoms with Gasteiger partial charge in [-0.2, -0.15) is 0 Å². The number of nitrogens with zero attached hydrogens (tertiary/aromatic N) is 1. The normalized spacial score (nSPS) is 25.7. The Morgan fingerprint density at radius 3 is 2.83 bits per heavy atom. The zero-order valence-corrected chi connectivity index (χ0v) is 12.2. The van der Waals surface area contributed by atoms with Crippen molar-refractivity contribution in [3.8, 4) is 0 Å². The molecule has 1 rings (SSSR count). The fourth-order valence-electron chi connectivity index (χ4n) is 2.45. The monoisotopic (exact) mass is 258 g/mol. The zero-order chi connectivity index (χ0) is 13.4. The molecule has 2 N–H and O–H groups in total. The molecule has 2 atom stereocenters. The van der Waals surface area contributed by atoms with Crippen molar-refractivity contribution in [3.05, 3.63) is 0 Å². The van der Waals surface area contributed by atoms with E-state index in [1.54, 1.807) is 7.11 Å². The maximum absolute atomic E-state index is 10.2. The molecule has 0 saturated carbocycles. The minimum Gasteiger partial charge on any atom is -0.389 e. The van der Waals surface area contributed by atoms with Gasteiger partial charge < -0.3 is 20.1 Å². The maximum atomic E-state index is 10.2. The summed E-state index contributed by atoms with van der Waals surface area (Å²) in [6, 6.07) is 0.551. The molecular weight excluding hydrogens is 228 g/mol. The van der Waals surface area contributed by atoms with Crippen LogP contribution < -0.4 is 5.32 Å². The van der Waals surface area contributed by atoms with E-state index >= 15 is 0 Å². The Labute approximate surface area is 112 Å². The second-order valence-electron chi connectivity index (χ2n) is 5.68. The highest BCUT2D eigenvalue weighted by Crippen LogP contribution is 2.13. The van der Waals surface area contributed by atoms with Gasteiger partial charge in [0.2, 0.25) is 0 Å². The Bertz CT molecular complexity index is 222. The van der Waals surface area contributed by atoms with Gasteiger partial charge in [0.15, 0.2) is 0 Å². The van der Waals surface area contributed by atoms with Gasteiger partial charge in [0, 0.05) is 32.7 Å². The van der Waals surface area contributed by atoms with Crippen LogP contribution in [0.5, 0.6) is 0 Å². The third-order valence-electron chi connectivity index (χ3n) is 3.88. The van der Waals surface area contributed by atoms with E-state index in [1.165, 1.54) is 32.4 Å². The van der Waals surface area contributed by atoms with Gasteiger partial charge >= 0.3 is 0 Å². The summed E-state index contributed by atoms with van der Waals surface area (Å²) in [5, 5.41) is 13.7. The van der Waals surface area contributed by atoms with Crippen LogP contribution in [0.2, 0.25) is 0 Å². The number of hydrogen-bond acceptors (Lipinski definition) is 4. The largest absolute Gasteiger partial charge is 0.389 e. The number of aliphatic hydroxyl groups is 1. The van der Waals surface area contributed by atoms with Crippen LogP contribution in [0.25, 0.3) is 0 Å². The minimum absolute atomic E-state index is 0.551. The van der Waals surface area contributed by atoms with Gasteiger partial charge in [0.05, 0.1) is 5.60 Å². The van der Waals surface area contributed by atoms with Crippen molar-refractivity contribution in [1.29, 1.82) is 0 Å². The summed E-state index contributed by atoms with van der Waals surface area (Å²) in [5.74, 6) is 0. The molecule has 0 aliphatic carbocycles. The lowest BCUT2D eigenvalue weighted by molar-refractivity contribution is 0.0224. The molecule has 0 aromatic rings. The van der Waals surface area contributed by atoms with E-state index in [9.17, 15) is 5.11 Å². The molecule has 1 saturated heterocycles. The van der Waals surface area contributed by atoms with Crippen molar-refractivity contribution in [2.45, 2.75) is 51.2 Å². The maximum Gasteiger partial charge on any atom is 0.0765 e. The molecule has 1 aliphatic rings. The van der Waals surface area contributed by atoms with Crippen molar-refractivity contribution < 1.29 is 9.84 Å². The highest BCUT2D eigenvalue weighted by atomic mass is 16.5. The van der Waals surface area contributed by atoms with Gasteiger partial charge in [0.1, 0.15) is 0 Å². The van der Waals surface area contributed by atoms with Crippen LogP contribution in [0.15, 0.2) is 0 Å². The molecule has 2 unspecified atom stereocenters. The standard InChI is InChI=1S/C14H30N2O2/c1-4-16-9-5-6-13(7-10-16)15-12-14(2,17)8-11-18-3/h13,15,17H,4-12H2,1-3H3. The third kappa shape index (κ3) is 6.14. The van der Waals surface area contributed by atoms with E-state index in [0.717, 1.165) is 6.54 Å². The summed E-state index contributed by atoms with van der Waals surface area (Å²) in [7, 11) is 1.67. The molecule has 1 heterocycles. The first-order chi connectivity index (χ1) is 8.57. The molecule has 4 nitrogen and oxygen atoms in total. The Morgan fingerprint density at radius 1 is 1.39 bits per heavy atom. The number of hydrogen-bond donors (Lipinski definition) is 2. The summed E-state index contributed by atoms with van der Waals surface area (Å²) in [6.45, 7) is 8.93. The lowest BCUT2D eigenvalue weighted by atomic mass is 10.0. The molecule has 0 amide bonds.